The van der Waals surface area contributed by atoms with Crippen molar-refractivity contribution in [3.8, 4) is 0 Å². The first kappa shape index (κ1) is 14.4. The molecule has 1 aliphatic rings. The van der Waals surface area contributed by atoms with Gasteiger partial charge in [-0.2, -0.15) is 0 Å². The van der Waals surface area contributed by atoms with Gasteiger partial charge in [0.2, 0.25) is 0 Å². The third kappa shape index (κ3) is 2.94. The van der Waals surface area contributed by atoms with E-state index in [0.29, 0.717) is 0 Å². The minimum absolute atomic E-state index is 0.00398. The molecule has 3 N–H and O–H groups in total. The van der Waals surface area contributed by atoms with Crippen molar-refractivity contribution in [1.29, 1.82) is 0 Å². The lowest BCUT2D eigenvalue weighted by atomic mass is 9.84. The number of hydrazine groups is 1. The molecule has 0 aliphatic carbocycles. The average molecular weight is 263 g/mol. The zero-order valence-corrected chi connectivity index (χ0v) is 12.0. The van der Waals surface area contributed by atoms with Gasteiger partial charge in [-0.25, -0.2) is 5.43 Å². The third-order valence-corrected chi connectivity index (χ3v) is 4.46. The second kappa shape index (κ2) is 6.41. The van der Waals surface area contributed by atoms with Crippen molar-refractivity contribution >= 4 is 0 Å². The molecule has 2 unspecified atom stereocenters. The van der Waals surface area contributed by atoms with E-state index in [2.05, 4.69) is 34.1 Å². The molecule has 1 aromatic heterocycles. The van der Waals surface area contributed by atoms with Gasteiger partial charge >= 0.3 is 0 Å². The van der Waals surface area contributed by atoms with E-state index in [1.807, 2.05) is 6.20 Å². The minimum atomic E-state index is -0.0226. The number of rotatable bonds is 5. The van der Waals surface area contributed by atoms with Crippen LogP contribution in [0, 0.1) is 0 Å². The number of aromatic nitrogens is 2. The van der Waals surface area contributed by atoms with Crippen LogP contribution in [0.4, 0.5) is 0 Å². The predicted molar refractivity (Wildman–Crippen MR) is 76.2 cm³/mol. The fourth-order valence-corrected chi connectivity index (χ4v) is 3.06. The molecule has 0 aromatic carbocycles. The van der Waals surface area contributed by atoms with E-state index in [-0.39, 0.29) is 11.6 Å². The Morgan fingerprint density at radius 2 is 2.11 bits per heavy atom. The van der Waals surface area contributed by atoms with E-state index < -0.39 is 0 Å². The van der Waals surface area contributed by atoms with Crippen LogP contribution in [0.2, 0.25) is 0 Å². The van der Waals surface area contributed by atoms with Crippen molar-refractivity contribution in [3.05, 3.63) is 24.3 Å². The summed E-state index contributed by atoms with van der Waals surface area (Å²) in [5.74, 6) is 5.83. The van der Waals surface area contributed by atoms with Gasteiger partial charge in [0.25, 0.3) is 0 Å². The van der Waals surface area contributed by atoms with Gasteiger partial charge in [-0.05, 0) is 39.3 Å². The zero-order chi connectivity index (χ0) is 13.7. The number of nitrogens with one attached hydrogen (secondary N) is 1. The quantitative estimate of drug-likeness (QED) is 0.624. The molecule has 1 aromatic rings. The van der Waals surface area contributed by atoms with Crippen LogP contribution >= 0.6 is 0 Å². The van der Waals surface area contributed by atoms with E-state index in [9.17, 15) is 0 Å². The first-order valence-corrected chi connectivity index (χ1v) is 7.19. The van der Waals surface area contributed by atoms with E-state index in [1.165, 1.54) is 19.3 Å². The first-order valence-electron chi connectivity index (χ1n) is 7.19. The standard InChI is InChI=1S/C14H25N5/c1-3-14(2,19-9-5-4-6-10-19)13(18-15)12-11-16-7-8-17-12/h7-8,11,13,18H,3-6,9-10,15H2,1-2H3. The summed E-state index contributed by atoms with van der Waals surface area (Å²) >= 11 is 0. The average Bonchev–Trinajstić information content (AvgIpc) is 2.49. The number of hydrogen-bond acceptors (Lipinski definition) is 5. The molecule has 0 spiro atoms. The van der Waals surface area contributed by atoms with Crippen molar-refractivity contribution < 1.29 is 0 Å². The lowest BCUT2D eigenvalue weighted by Gasteiger charge is -2.47. The van der Waals surface area contributed by atoms with Gasteiger partial charge < -0.3 is 0 Å². The Bertz CT molecular complexity index is 377. The van der Waals surface area contributed by atoms with Gasteiger partial charge in [0.05, 0.1) is 17.9 Å². The lowest BCUT2D eigenvalue weighted by molar-refractivity contribution is 0.0410. The number of nitrogens with two attached hydrogens (primary N) is 1. The smallest absolute Gasteiger partial charge is 0.0828 e. The normalized spacial score (nSPS) is 21.8. The lowest BCUT2D eigenvalue weighted by Crippen LogP contribution is -2.57. The van der Waals surface area contributed by atoms with Gasteiger partial charge in [-0.1, -0.05) is 13.3 Å². The van der Waals surface area contributed by atoms with Crippen LogP contribution < -0.4 is 11.3 Å². The van der Waals surface area contributed by atoms with Crippen LogP contribution in [0.1, 0.15) is 51.3 Å². The minimum Gasteiger partial charge on any atom is -0.296 e. The van der Waals surface area contributed by atoms with Crippen LogP contribution in [0.25, 0.3) is 0 Å². The molecular weight excluding hydrogens is 238 g/mol. The van der Waals surface area contributed by atoms with Crippen LogP contribution in [-0.4, -0.2) is 33.5 Å². The summed E-state index contributed by atoms with van der Waals surface area (Å²) in [4.78, 5) is 11.1. The Kier molecular flexibility index (Phi) is 4.85. The van der Waals surface area contributed by atoms with Crippen molar-refractivity contribution in [2.24, 2.45) is 5.84 Å². The molecule has 19 heavy (non-hydrogen) atoms. The molecule has 0 amide bonds. The molecule has 1 aliphatic heterocycles. The van der Waals surface area contributed by atoms with Crippen LogP contribution in [0.5, 0.6) is 0 Å². The molecule has 0 saturated carbocycles. The van der Waals surface area contributed by atoms with Crippen LogP contribution in [0.3, 0.4) is 0 Å². The topological polar surface area (TPSA) is 67.1 Å². The highest BCUT2D eigenvalue weighted by Gasteiger charge is 2.39. The Hall–Kier alpha value is -1.04. The fourth-order valence-electron chi connectivity index (χ4n) is 3.06. The highest BCUT2D eigenvalue weighted by molar-refractivity contribution is 5.11. The number of likely N-dealkylation sites (tertiary alicyclic amines) is 1. The maximum atomic E-state index is 5.83. The first-order chi connectivity index (χ1) is 9.22. The number of nitrogens with zero attached hydrogens (tertiary/aromatic N) is 3. The number of piperidine rings is 1. The van der Waals surface area contributed by atoms with Crippen molar-refractivity contribution in [1.82, 2.24) is 20.3 Å². The van der Waals surface area contributed by atoms with Crippen molar-refractivity contribution in [2.75, 3.05) is 13.1 Å². The van der Waals surface area contributed by atoms with Crippen LogP contribution in [-0.2, 0) is 0 Å². The summed E-state index contributed by atoms with van der Waals surface area (Å²) in [6, 6.07) is 0.00398. The molecule has 2 rings (SSSR count). The van der Waals surface area contributed by atoms with Gasteiger partial charge in [0.1, 0.15) is 0 Å². The SMILES string of the molecule is CCC(C)(C(NN)c1cnccn1)N1CCCCC1. The molecule has 2 atom stereocenters. The molecule has 1 fully saturated rings. The monoisotopic (exact) mass is 263 g/mol. The molecule has 5 nitrogen and oxygen atoms in total. The maximum absolute atomic E-state index is 5.83. The second-order valence-electron chi connectivity index (χ2n) is 5.49. The Morgan fingerprint density at radius 3 is 2.63 bits per heavy atom. The summed E-state index contributed by atoms with van der Waals surface area (Å²) in [6.07, 6.45) is 10.1. The molecule has 0 bridgehead atoms. The summed E-state index contributed by atoms with van der Waals surface area (Å²) < 4.78 is 0. The van der Waals surface area contributed by atoms with Gasteiger partial charge in [0, 0.05) is 17.9 Å². The Morgan fingerprint density at radius 1 is 1.37 bits per heavy atom. The van der Waals surface area contributed by atoms with E-state index in [0.717, 1.165) is 25.2 Å². The largest absolute Gasteiger partial charge is 0.296 e. The number of hydrogen-bond donors (Lipinski definition) is 2. The van der Waals surface area contributed by atoms with E-state index in [1.54, 1.807) is 12.4 Å². The highest BCUT2D eigenvalue weighted by atomic mass is 15.3. The van der Waals surface area contributed by atoms with E-state index in [4.69, 9.17) is 5.84 Å². The zero-order valence-electron chi connectivity index (χ0n) is 12.0. The van der Waals surface area contributed by atoms with Crippen LogP contribution in [0.15, 0.2) is 18.6 Å². The van der Waals surface area contributed by atoms with Gasteiger partial charge in [-0.15, -0.1) is 0 Å². The molecule has 5 heteroatoms. The molecular formula is C14H25N5. The fraction of sp³-hybridized carbons (Fsp3) is 0.714. The third-order valence-electron chi connectivity index (χ3n) is 4.46. The maximum Gasteiger partial charge on any atom is 0.0828 e. The summed E-state index contributed by atoms with van der Waals surface area (Å²) in [7, 11) is 0. The highest BCUT2D eigenvalue weighted by Crippen LogP contribution is 2.34. The Labute approximate surface area is 115 Å². The van der Waals surface area contributed by atoms with Gasteiger partial charge in [0.15, 0.2) is 0 Å². The molecule has 106 valence electrons. The summed E-state index contributed by atoms with van der Waals surface area (Å²) in [5, 5.41) is 0. The molecule has 2 heterocycles. The molecule has 1 saturated heterocycles. The van der Waals surface area contributed by atoms with Crippen molar-refractivity contribution in [3.63, 3.8) is 0 Å². The second-order valence-corrected chi connectivity index (χ2v) is 5.49. The van der Waals surface area contributed by atoms with Crippen molar-refractivity contribution in [2.45, 2.75) is 51.1 Å². The van der Waals surface area contributed by atoms with E-state index >= 15 is 0 Å². The predicted octanol–water partition coefficient (Wildman–Crippen LogP) is 1.64. The Balaban J connectivity index is 2.26. The summed E-state index contributed by atoms with van der Waals surface area (Å²) in [5.41, 5.74) is 3.86. The summed E-state index contributed by atoms with van der Waals surface area (Å²) in [6.45, 7) is 6.78. The van der Waals surface area contributed by atoms with Gasteiger partial charge in [-0.3, -0.25) is 20.7 Å². The molecule has 0 radical (unpaired) electrons.